The third kappa shape index (κ3) is 3.84. The molecule has 2 aromatic carbocycles. The number of likely N-dealkylation sites (tertiary alicyclic amines) is 1. The molecular weight excluding hydrogens is 472 g/mol. The van der Waals surface area contributed by atoms with E-state index in [9.17, 15) is 19.2 Å². The largest absolute Gasteiger partial charge is 0.486 e. The summed E-state index contributed by atoms with van der Waals surface area (Å²) >= 11 is 0. The van der Waals surface area contributed by atoms with E-state index in [2.05, 4.69) is 0 Å². The Labute approximate surface area is 213 Å². The van der Waals surface area contributed by atoms with E-state index in [0.29, 0.717) is 55.0 Å². The van der Waals surface area contributed by atoms with Crippen LogP contribution in [0.5, 0.6) is 5.75 Å². The Kier molecular flexibility index (Phi) is 5.29. The van der Waals surface area contributed by atoms with Gasteiger partial charge >= 0.3 is 0 Å². The Bertz CT molecular complexity index is 1460. The molecule has 8 nitrogen and oxygen atoms in total. The Morgan fingerprint density at radius 1 is 0.919 bits per heavy atom. The molecule has 8 heteroatoms. The fourth-order valence-corrected chi connectivity index (χ4v) is 5.45. The molecule has 1 spiro atoms. The number of Topliss-reactive ketones (excluding diaryl/α,β-unsaturated/α-hetero) is 1. The predicted molar refractivity (Wildman–Crippen MR) is 133 cm³/mol. The third-order valence-corrected chi connectivity index (χ3v) is 7.78. The van der Waals surface area contributed by atoms with Crippen molar-refractivity contribution < 1.29 is 28.3 Å². The fraction of sp³-hybridized carbons (Fsp3) is 0.310. The van der Waals surface area contributed by atoms with Gasteiger partial charge in [-0.3, -0.25) is 24.1 Å². The highest BCUT2D eigenvalue weighted by molar-refractivity contribution is 6.22. The lowest BCUT2D eigenvalue weighted by molar-refractivity contribution is -0.00577. The highest BCUT2D eigenvalue weighted by Gasteiger charge is 2.44. The summed E-state index contributed by atoms with van der Waals surface area (Å²) in [5, 5.41) is 0. The first-order valence-corrected chi connectivity index (χ1v) is 12.4. The van der Waals surface area contributed by atoms with Crippen LogP contribution in [0.2, 0.25) is 0 Å². The molecule has 3 aliphatic heterocycles. The van der Waals surface area contributed by atoms with Crippen LogP contribution < -0.4 is 4.74 Å². The van der Waals surface area contributed by atoms with Crippen LogP contribution in [0.15, 0.2) is 53.1 Å². The first kappa shape index (κ1) is 23.2. The number of nitrogens with zero attached hydrogens (tertiary/aromatic N) is 2. The molecular formula is C29H26N2O6. The normalized spacial score (nSPS) is 18.2. The summed E-state index contributed by atoms with van der Waals surface area (Å²) in [5.74, 6) is 0.146. The van der Waals surface area contributed by atoms with Crippen LogP contribution in [0.25, 0.3) is 0 Å². The van der Waals surface area contributed by atoms with Gasteiger partial charge in [0.25, 0.3) is 17.7 Å². The molecule has 4 heterocycles. The van der Waals surface area contributed by atoms with Gasteiger partial charge in [-0.05, 0) is 67.4 Å². The van der Waals surface area contributed by atoms with Crippen LogP contribution in [-0.2, 0) is 6.54 Å². The van der Waals surface area contributed by atoms with Gasteiger partial charge in [0, 0.05) is 31.5 Å². The number of amides is 3. The molecule has 1 fully saturated rings. The average Bonchev–Trinajstić information content (AvgIpc) is 3.48. The highest BCUT2D eigenvalue weighted by Crippen LogP contribution is 2.40. The minimum absolute atomic E-state index is 0.0395. The number of fused-ring (bicyclic) bond motifs is 2. The van der Waals surface area contributed by atoms with Crippen molar-refractivity contribution in [3.8, 4) is 5.75 Å². The van der Waals surface area contributed by atoms with E-state index in [-0.39, 0.29) is 29.4 Å². The number of hydrogen-bond donors (Lipinski definition) is 0. The maximum absolute atomic E-state index is 13.3. The summed E-state index contributed by atoms with van der Waals surface area (Å²) in [7, 11) is 0. The highest BCUT2D eigenvalue weighted by atomic mass is 16.5. The number of piperidine rings is 1. The van der Waals surface area contributed by atoms with Gasteiger partial charge in [-0.2, -0.15) is 0 Å². The second kappa shape index (κ2) is 8.44. The topological polar surface area (TPSA) is 97.1 Å². The smallest absolute Gasteiger partial charge is 0.261 e. The van der Waals surface area contributed by atoms with Gasteiger partial charge in [0.15, 0.2) is 5.78 Å². The monoisotopic (exact) mass is 498 g/mol. The van der Waals surface area contributed by atoms with Gasteiger partial charge in [-0.25, -0.2) is 0 Å². The van der Waals surface area contributed by atoms with E-state index in [4.69, 9.17) is 9.15 Å². The van der Waals surface area contributed by atoms with Gasteiger partial charge in [-0.15, -0.1) is 0 Å². The summed E-state index contributed by atoms with van der Waals surface area (Å²) in [6.45, 7) is 4.88. The van der Waals surface area contributed by atoms with E-state index in [0.717, 1.165) is 16.0 Å². The van der Waals surface area contributed by atoms with Crippen LogP contribution in [0.4, 0.5) is 0 Å². The molecule has 3 aromatic rings. The summed E-state index contributed by atoms with van der Waals surface area (Å²) < 4.78 is 11.7. The maximum Gasteiger partial charge on any atom is 0.261 e. The van der Waals surface area contributed by atoms with Gasteiger partial charge < -0.3 is 14.1 Å². The van der Waals surface area contributed by atoms with Crippen LogP contribution in [0.1, 0.15) is 77.6 Å². The van der Waals surface area contributed by atoms with Gasteiger partial charge in [0.2, 0.25) is 0 Å². The molecule has 0 aliphatic carbocycles. The first-order valence-electron chi connectivity index (χ1n) is 12.4. The van der Waals surface area contributed by atoms with E-state index in [1.807, 2.05) is 26.0 Å². The molecule has 37 heavy (non-hydrogen) atoms. The Morgan fingerprint density at radius 2 is 1.65 bits per heavy atom. The van der Waals surface area contributed by atoms with E-state index in [1.165, 1.54) is 12.3 Å². The van der Waals surface area contributed by atoms with Crippen molar-refractivity contribution >= 4 is 23.5 Å². The quantitative estimate of drug-likeness (QED) is 0.499. The van der Waals surface area contributed by atoms with Gasteiger partial charge in [-0.1, -0.05) is 0 Å². The molecule has 0 radical (unpaired) electrons. The number of furan rings is 1. The molecule has 0 saturated carbocycles. The number of rotatable bonds is 3. The summed E-state index contributed by atoms with van der Waals surface area (Å²) in [6.07, 6.45) is 2.86. The summed E-state index contributed by atoms with van der Waals surface area (Å²) in [5.41, 5.74) is 3.01. The molecule has 0 unspecified atom stereocenters. The Morgan fingerprint density at radius 3 is 2.38 bits per heavy atom. The van der Waals surface area contributed by atoms with E-state index in [1.54, 1.807) is 29.2 Å². The predicted octanol–water partition coefficient (Wildman–Crippen LogP) is 4.33. The van der Waals surface area contributed by atoms with Gasteiger partial charge in [0.1, 0.15) is 17.1 Å². The number of ether oxygens (including phenoxy) is 1. The molecule has 188 valence electrons. The van der Waals surface area contributed by atoms with Crippen LogP contribution in [0.3, 0.4) is 0 Å². The van der Waals surface area contributed by atoms with Crippen molar-refractivity contribution in [3.63, 3.8) is 0 Å². The van der Waals surface area contributed by atoms with Crippen molar-refractivity contribution in [3.05, 3.63) is 87.9 Å². The van der Waals surface area contributed by atoms with Crippen LogP contribution in [0, 0.1) is 13.8 Å². The molecule has 6 rings (SSSR count). The van der Waals surface area contributed by atoms with Crippen molar-refractivity contribution in [2.45, 2.75) is 45.3 Å². The molecule has 1 saturated heterocycles. The Balaban J connectivity index is 1.16. The molecule has 3 aliphatic rings. The zero-order valence-electron chi connectivity index (χ0n) is 20.7. The average molecular weight is 499 g/mol. The van der Waals surface area contributed by atoms with Crippen LogP contribution >= 0.6 is 0 Å². The third-order valence-electron chi connectivity index (χ3n) is 7.78. The minimum atomic E-state index is -0.616. The van der Waals surface area contributed by atoms with E-state index < -0.39 is 17.4 Å². The minimum Gasteiger partial charge on any atom is -0.486 e. The number of imide groups is 1. The standard InChI is InChI=1S/C29H26N2O6/c1-17-12-23-24(32)15-29(37-25(23)13-18(17)2)7-9-30(10-8-29)26(33)19-5-6-21-22(14-19)28(35)31(27(21)34)16-20-4-3-11-36-20/h3-6,11-14H,7-10,15-16H2,1-2H3. The van der Waals surface area contributed by atoms with E-state index >= 15 is 0 Å². The van der Waals surface area contributed by atoms with Crippen molar-refractivity contribution in [2.24, 2.45) is 0 Å². The van der Waals surface area contributed by atoms with Crippen LogP contribution in [-0.4, -0.2) is 52.0 Å². The van der Waals surface area contributed by atoms with Crippen molar-refractivity contribution in [2.75, 3.05) is 13.1 Å². The Hall–Kier alpha value is -4.20. The summed E-state index contributed by atoms with van der Waals surface area (Å²) in [6, 6.07) is 11.9. The fourth-order valence-electron chi connectivity index (χ4n) is 5.45. The lowest BCUT2D eigenvalue weighted by atomic mass is 9.81. The zero-order valence-corrected chi connectivity index (χ0v) is 20.7. The molecule has 0 N–H and O–H groups in total. The first-order chi connectivity index (χ1) is 17.7. The number of benzene rings is 2. The number of carbonyl (C=O) groups is 4. The maximum atomic E-state index is 13.3. The van der Waals surface area contributed by atoms with Gasteiger partial charge in [0.05, 0.1) is 35.9 Å². The lowest BCUT2D eigenvalue weighted by Gasteiger charge is -2.44. The lowest BCUT2D eigenvalue weighted by Crippen LogP contribution is -2.52. The second-order valence-electron chi connectivity index (χ2n) is 10.1. The SMILES string of the molecule is Cc1cc2c(cc1C)C(=O)CC1(CCN(C(=O)c3ccc4c(c3)C(=O)N(Cc3ccco3)C4=O)CC1)O2. The van der Waals surface area contributed by atoms with Crippen molar-refractivity contribution in [1.82, 2.24) is 9.80 Å². The molecule has 0 atom stereocenters. The second-order valence-corrected chi connectivity index (χ2v) is 10.1. The number of carbonyl (C=O) groups excluding carboxylic acids is 4. The zero-order chi connectivity index (χ0) is 25.9. The summed E-state index contributed by atoms with van der Waals surface area (Å²) in [4.78, 5) is 54.8. The number of ketones is 1. The number of hydrogen-bond acceptors (Lipinski definition) is 6. The molecule has 0 bridgehead atoms. The van der Waals surface area contributed by atoms with Crippen molar-refractivity contribution in [1.29, 1.82) is 0 Å². The number of aryl methyl sites for hydroxylation is 2. The molecule has 3 amide bonds. The molecule has 1 aromatic heterocycles.